The number of benzene rings is 3. The van der Waals surface area contributed by atoms with Gasteiger partial charge >= 0.3 is 0 Å². The summed E-state index contributed by atoms with van der Waals surface area (Å²) in [6, 6.07) is 21.4. The second-order valence-corrected chi connectivity index (χ2v) is 11.7. The number of methoxy groups -OCH3 is 4. The Morgan fingerprint density at radius 3 is 2.05 bits per heavy atom. The summed E-state index contributed by atoms with van der Waals surface area (Å²) in [5, 5.41) is 0. The third-order valence-electron chi connectivity index (χ3n) is 9.82. The van der Waals surface area contributed by atoms with Gasteiger partial charge in [-0.05, 0) is 67.7 Å². The summed E-state index contributed by atoms with van der Waals surface area (Å²) in [6.07, 6.45) is 1.92. The molecule has 0 aromatic heterocycles. The number of carbonyl (C=O) groups excluding carboxylic acids is 2. The lowest BCUT2D eigenvalue weighted by atomic mass is 9.61. The predicted molar refractivity (Wildman–Crippen MR) is 169 cm³/mol. The third-order valence-corrected chi connectivity index (χ3v) is 9.82. The highest BCUT2D eigenvalue weighted by Gasteiger charge is 2.55. The highest BCUT2D eigenvalue weighted by Crippen LogP contribution is 2.49. The number of carbonyl (C=O) groups is 2. The summed E-state index contributed by atoms with van der Waals surface area (Å²) >= 11 is 0. The van der Waals surface area contributed by atoms with Crippen LogP contribution < -0.4 is 24.7 Å². The van der Waals surface area contributed by atoms with Crippen LogP contribution in [0.2, 0.25) is 0 Å². The molecule has 9 heteroatoms. The van der Waals surface area contributed by atoms with Gasteiger partial charge in [-0.15, -0.1) is 0 Å². The van der Waals surface area contributed by atoms with Crippen LogP contribution in [0, 0.1) is 0 Å². The van der Waals surface area contributed by atoms with Crippen molar-refractivity contribution in [1.82, 2.24) is 9.80 Å². The van der Waals surface area contributed by atoms with Crippen molar-refractivity contribution in [3.8, 4) is 23.0 Å². The second kappa shape index (κ2) is 12.8. The fourth-order valence-electron chi connectivity index (χ4n) is 7.38. The number of rotatable bonds is 10. The first-order valence-electron chi connectivity index (χ1n) is 15.1. The molecule has 44 heavy (non-hydrogen) atoms. The van der Waals surface area contributed by atoms with Crippen molar-refractivity contribution >= 4 is 11.8 Å². The second-order valence-electron chi connectivity index (χ2n) is 11.7. The van der Waals surface area contributed by atoms with Gasteiger partial charge in [0, 0.05) is 30.1 Å². The summed E-state index contributed by atoms with van der Waals surface area (Å²) in [5.74, 6) is 1.62. The summed E-state index contributed by atoms with van der Waals surface area (Å²) in [4.78, 5) is 31.9. The number of piperidine rings is 1. The van der Waals surface area contributed by atoms with Crippen molar-refractivity contribution in [2.45, 2.75) is 43.1 Å². The molecule has 2 aliphatic rings. The molecule has 2 N–H and O–H groups in total. The number of nitrogens with zero attached hydrogens (tertiary/aromatic N) is 2. The molecular weight excluding hydrogens is 558 g/mol. The monoisotopic (exact) mass is 601 g/mol. The maximum Gasteiger partial charge on any atom is 0.254 e. The van der Waals surface area contributed by atoms with E-state index < -0.39 is 10.8 Å². The van der Waals surface area contributed by atoms with E-state index in [1.54, 1.807) is 19.2 Å². The Morgan fingerprint density at radius 2 is 1.50 bits per heavy atom. The SMILES string of the molecule is CCN1CCC(C(N)=O)(c2ccccc2)CC1C1(c2ccc(OC)cc2)CCN(C(=O)c2cc(OC)c(OC)c(OC)c2)C1. The molecule has 3 aromatic carbocycles. The molecule has 5 rings (SSSR count). The number of hydrogen-bond acceptors (Lipinski definition) is 7. The van der Waals surface area contributed by atoms with E-state index in [1.165, 1.54) is 21.3 Å². The molecule has 2 fully saturated rings. The lowest BCUT2D eigenvalue weighted by Gasteiger charge is -2.52. The maximum absolute atomic E-state index is 14.2. The van der Waals surface area contributed by atoms with Gasteiger partial charge in [0.15, 0.2) is 11.5 Å². The van der Waals surface area contributed by atoms with E-state index in [0.717, 1.165) is 36.4 Å². The van der Waals surface area contributed by atoms with Crippen LogP contribution in [0.5, 0.6) is 23.0 Å². The number of nitrogens with two attached hydrogens (primary N) is 1. The first-order chi connectivity index (χ1) is 21.3. The van der Waals surface area contributed by atoms with E-state index in [2.05, 4.69) is 24.0 Å². The zero-order chi connectivity index (χ0) is 31.5. The molecule has 0 spiro atoms. The molecule has 2 amide bonds. The molecule has 3 atom stereocenters. The Hall–Kier alpha value is -4.24. The van der Waals surface area contributed by atoms with Gasteiger partial charge in [0.2, 0.25) is 11.7 Å². The van der Waals surface area contributed by atoms with Gasteiger partial charge in [-0.1, -0.05) is 49.4 Å². The first kappa shape index (κ1) is 31.2. The zero-order valence-corrected chi connectivity index (χ0v) is 26.3. The van der Waals surface area contributed by atoms with Crippen LogP contribution in [0.1, 0.15) is 47.7 Å². The lowest BCUT2D eigenvalue weighted by molar-refractivity contribution is -0.127. The van der Waals surface area contributed by atoms with E-state index in [1.807, 2.05) is 47.4 Å². The van der Waals surface area contributed by atoms with Crippen molar-refractivity contribution in [2.24, 2.45) is 5.73 Å². The molecule has 2 aliphatic heterocycles. The van der Waals surface area contributed by atoms with Gasteiger partial charge < -0.3 is 29.6 Å². The molecule has 0 saturated carbocycles. The van der Waals surface area contributed by atoms with E-state index in [-0.39, 0.29) is 17.9 Å². The van der Waals surface area contributed by atoms with Gasteiger partial charge in [-0.25, -0.2) is 0 Å². The Kier molecular flexibility index (Phi) is 9.06. The number of amides is 2. The van der Waals surface area contributed by atoms with Gasteiger partial charge in [0.25, 0.3) is 5.91 Å². The topological polar surface area (TPSA) is 104 Å². The van der Waals surface area contributed by atoms with E-state index in [9.17, 15) is 9.59 Å². The molecule has 2 saturated heterocycles. The summed E-state index contributed by atoms with van der Waals surface area (Å²) < 4.78 is 22.0. The Balaban J connectivity index is 1.59. The van der Waals surface area contributed by atoms with Crippen LogP contribution >= 0.6 is 0 Å². The third kappa shape index (κ3) is 5.34. The minimum Gasteiger partial charge on any atom is -0.497 e. The van der Waals surface area contributed by atoms with Crippen LogP contribution in [-0.2, 0) is 15.6 Å². The maximum atomic E-state index is 14.2. The minimum atomic E-state index is -0.814. The predicted octanol–water partition coefficient (Wildman–Crippen LogP) is 4.41. The first-order valence-corrected chi connectivity index (χ1v) is 15.1. The smallest absolute Gasteiger partial charge is 0.254 e. The fourth-order valence-corrected chi connectivity index (χ4v) is 7.38. The molecule has 3 aromatic rings. The number of ether oxygens (including phenoxy) is 4. The summed E-state index contributed by atoms with van der Waals surface area (Å²) in [6.45, 7) is 4.71. The van der Waals surface area contributed by atoms with Gasteiger partial charge in [0.1, 0.15) is 5.75 Å². The molecule has 9 nitrogen and oxygen atoms in total. The molecule has 0 radical (unpaired) electrons. The van der Waals surface area contributed by atoms with Crippen LogP contribution in [0.4, 0.5) is 0 Å². The molecule has 3 unspecified atom stereocenters. The quantitative estimate of drug-likeness (QED) is 0.367. The van der Waals surface area contributed by atoms with Gasteiger partial charge in [-0.2, -0.15) is 0 Å². The van der Waals surface area contributed by atoms with Crippen LogP contribution in [0.3, 0.4) is 0 Å². The minimum absolute atomic E-state index is 0.0555. The molecule has 2 heterocycles. The average Bonchev–Trinajstić information content (AvgIpc) is 3.53. The Bertz CT molecular complexity index is 1450. The Labute approximate surface area is 259 Å². The number of primary amides is 1. The fraction of sp³-hybridized carbons (Fsp3) is 0.429. The van der Waals surface area contributed by atoms with Crippen molar-refractivity contribution in [2.75, 3.05) is 54.6 Å². The van der Waals surface area contributed by atoms with E-state index in [4.69, 9.17) is 24.7 Å². The van der Waals surface area contributed by atoms with Crippen molar-refractivity contribution in [3.63, 3.8) is 0 Å². The molecule has 0 aliphatic carbocycles. The molecule has 0 bridgehead atoms. The van der Waals surface area contributed by atoms with E-state index >= 15 is 0 Å². The van der Waals surface area contributed by atoms with Crippen molar-refractivity contribution in [3.05, 3.63) is 83.4 Å². The normalized spacial score (nSPS) is 23.7. The number of hydrogen-bond donors (Lipinski definition) is 1. The zero-order valence-electron chi connectivity index (χ0n) is 26.3. The van der Waals surface area contributed by atoms with Crippen LogP contribution in [0.25, 0.3) is 0 Å². The van der Waals surface area contributed by atoms with Crippen LogP contribution in [0.15, 0.2) is 66.7 Å². The largest absolute Gasteiger partial charge is 0.497 e. The highest BCUT2D eigenvalue weighted by atomic mass is 16.5. The van der Waals surface area contributed by atoms with Crippen molar-refractivity contribution < 1.29 is 28.5 Å². The lowest BCUT2D eigenvalue weighted by Crippen LogP contribution is -2.61. The Morgan fingerprint density at radius 1 is 0.841 bits per heavy atom. The van der Waals surface area contributed by atoms with Gasteiger partial charge in [-0.3, -0.25) is 14.5 Å². The van der Waals surface area contributed by atoms with E-state index in [0.29, 0.717) is 48.7 Å². The number of likely N-dealkylation sites (tertiary alicyclic amines) is 2. The average molecular weight is 602 g/mol. The summed E-state index contributed by atoms with van der Waals surface area (Å²) in [7, 11) is 6.27. The van der Waals surface area contributed by atoms with Crippen LogP contribution in [-0.4, -0.2) is 82.3 Å². The standard InChI is InChI=1S/C35H43N3O6/c1-6-37-18-16-34(33(36)40,25-10-8-7-9-11-25)22-30(37)35(26-12-14-27(41-2)15-13-26)17-19-38(23-35)32(39)24-20-28(42-3)31(44-5)29(21-24)43-4/h7-15,20-21,30H,6,16-19,22-23H2,1-5H3,(H2,36,40). The number of likely N-dealkylation sites (N-methyl/N-ethyl adjacent to an activating group) is 1. The molecular formula is C35H43N3O6. The molecule has 234 valence electrons. The summed E-state index contributed by atoms with van der Waals surface area (Å²) in [5.41, 5.74) is 7.49. The van der Waals surface area contributed by atoms with Gasteiger partial charge in [0.05, 0.1) is 33.9 Å². The highest BCUT2D eigenvalue weighted by molar-refractivity contribution is 5.96. The van der Waals surface area contributed by atoms with Crippen molar-refractivity contribution in [1.29, 1.82) is 0 Å².